The molecule has 8 nitrogen and oxygen atoms in total. The average molecular weight is 345 g/mol. The Balaban J connectivity index is 1.42. The Labute approximate surface area is 148 Å². The van der Waals surface area contributed by atoms with Crippen molar-refractivity contribution in [1.29, 1.82) is 0 Å². The van der Waals surface area contributed by atoms with E-state index in [1.165, 1.54) is 0 Å². The fraction of sp³-hybridized carbons (Fsp3) is 0.167. The number of pyridine rings is 1. The molecule has 0 atom stereocenters. The minimum atomic E-state index is -0.257. The molecule has 0 bridgehead atoms. The first-order valence-electron chi connectivity index (χ1n) is 8.41. The number of fused-ring (bicyclic) bond motifs is 1. The van der Waals surface area contributed by atoms with E-state index >= 15 is 0 Å². The third-order valence-electron chi connectivity index (χ3n) is 4.36. The van der Waals surface area contributed by atoms with E-state index < -0.39 is 0 Å². The number of carbonyl (C=O) groups excluding carboxylic acids is 1. The van der Waals surface area contributed by atoms with Gasteiger partial charge in [0.15, 0.2) is 5.82 Å². The Kier molecular flexibility index (Phi) is 3.27. The summed E-state index contributed by atoms with van der Waals surface area (Å²) in [5.41, 5.74) is 2.64. The van der Waals surface area contributed by atoms with Crippen LogP contribution in [0.3, 0.4) is 0 Å². The van der Waals surface area contributed by atoms with E-state index in [4.69, 9.17) is 0 Å². The van der Waals surface area contributed by atoms with Gasteiger partial charge in [-0.15, -0.1) is 5.10 Å². The van der Waals surface area contributed by atoms with Crippen LogP contribution in [0.25, 0.3) is 17.0 Å². The molecular formula is C18H15N7O. The monoisotopic (exact) mass is 345 g/mol. The van der Waals surface area contributed by atoms with Crippen molar-refractivity contribution in [3.63, 3.8) is 0 Å². The highest BCUT2D eigenvalue weighted by Crippen LogP contribution is 2.36. The van der Waals surface area contributed by atoms with Gasteiger partial charge in [-0.25, -0.2) is 9.67 Å². The summed E-state index contributed by atoms with van der Waals surface area (Å²) >= 11 is 0. The second-order valence-electron chi connectivity index (χ2n) is 6.31. The lowest BCUT2D eigenvalue weighted by atomic mass is 10.2. The molecule has 3 heterocycles. The Morgan fingerprint density at radius 3 is 2.92 bits per heavy atom. The van der Waals surface area contributed by atoms with Crippen LogP contribution in [0.2, 0.25) is 0 Å². The number of rotatable bonds is 4. The van der Waals surface area contributed by atoms with Crippen molar-refractivity contribution in [3.8, 4) is 11.4 Å². The van der Waals surface area contributed by atoms with E-state index in [2.05, 4.69) is 25.8 Å². The standard InChI is InChI=1S/C18H15N7O/c26-18(15-11-24-9-2-1-6-16(24)20-15)19-13-5-3-4-12(10-13)17-21-22-23-25(17)14-7-8-14/h1-6,9-11,14H,7-8H2,(H,19,26). The van der Waals surface area contributed by atoms with Crippen molar-refractivity contribution < 1.29 is 4.79 Å². The molecule has 3 aromatic heterocycles. The van der Waals surface area contributed by atoms with Gasteiger partial charge in [-0.05, 0) is 47.5 Å². The second kappa shape index (κ2) is 5.76. The quantitative estimate of drug-likeness (QED) is 0.614. The highest BCUT2D eigenvalue weighted by atomic mass is 16.1. The number of benzene rings is 1. The highest BCUT2D eigenvalue weighted by Gasteiger charge is 2.28. The Hall–Kier alpha value is -3.55. The maximum atomic E-state index is 12.5. The zero-order chi connectivity index (χ0) is 17.5. The number of nitrogens with one attached hydrogen (secondary N) is 1. The summed E-state index contributed by atoms with van der Waals surface area (Å²) in [5.74, 6) is 0.462. The molecule has 1 N–H and O–H groups in total. The number of carbonyl (C=O) groups is 1. The van der Waals surface area contributed by atoms with Crippen LogP contribution in [-0.2, 0) is 0 Å². The van der Waals surface area contributed by atoms with Gasteiger partial charge in [-0.1, -0.05) is 18.2 Å². The highest BCUT2D eigenvalue weighted by molar-refractivity contribution is 6.03. The van der Waals surface area contributed by atoms with Crippen LogP contribution in [0.1, 0.15) is 29.4 Å². The Bertz CT molecular complexity index is 1080. The number of hydrogen-bond acceptors (Lipinski definition) is 5. The van der Waals surface area contributed by atoms with E-state index in [1.54, 1.807) is 6.20 Å². The lowest BCUT2D eigenvalue weighted by Gasteiger charge is -2.06. The summed E-state index contributed by atoms with van der Waals surface area (Å²) in [4.78, 5) is 16.9. The van der Waals surface area contributed by atoms with Gasteiger partial charge in [0.2, 0.25) is 0 Å². The maximum Gasteiger partial charge on any atom is 0.275 e. The van der Waals surface area contributed by atoms with Crippen LogP contribution in [0.4, 0.5) is 5.69 Å². The maximum absolute atomic E-state index is 12.5. The fourth-order valence-electron chi connectivity index (χ4n) is 2.92. The molecule has 1 aromatic carbocycles. The molecule has 1 saturated carbocycles. The lowest BCUT2D eigenvalue weighted by Crippen LogP contribution is -2.12. The van der Waals surface area contributed by atoms with Crippen LogP contribution in [0.15, 0.2) is 54.9 Å². The van der Waals surface area contributed by atoms with Crippen molar-refractivity contribution in [1.82, 2.24) is 29.6 Å². The number of hydrogen-bond donors (Lipinski definition) is 1. The molecular weight excluding hydrogens is 330 g/mol. The molecule has 0 radical (unpaired) electrons. The van der Waals surface area contributed by atoms with Crippen LogP contribution >= 0.6 is 0 Å². The molecule has 0 spiro atoms. The topological polar surface area (TPSA) is 90.0 Å². The van der Waals surface area contributed by atoms with Crippen molar-refractivity contribution in [3.05, 3.63) is 60.6 Å². The van der Waals surface area contributed by atoms with Gasteiger partial charge in [-0.3, -0.25) is 4.79 Å². The molecule has 1 amide bonds. The first-order valence-corrected chi connectivity index (χ1v) is 8.41. The van der Waals surface area contributed by atoms with Gasteiger partial charge in [0.25, 0.3) is 5.91 Å². The molecule has 4 aromatic rings. The number of amides is 1. The Morgan fingerprint density at radius 1 is 1.15 bits per heavy atom. The second-order valence-corrected chi connectivity index (χ2v) is 6.31. The summed E-state index contributed by atoms with van der Waals surface area (Å²) in [6.45, 7) is 0. The average Bonchev–Trinajstić information content (AvgIpc) is 3.22. The summed E-state index contributed by atoms with van der Waals surface area (Å²) in [6, 6.07) is 13.5. The molecule has 1 aliphatic carbocycles. The first kappa shape index (κ1) is 14.8. The molecule has 1 aliphatic rings. The van der Waals surface area contributed by atoms with E-state index in [0.29, 0.717) is 17.4 Å². The van der Waals surface area contributed by atoms with Crippen molar-refractivity contribution in [2.24, 2.45) is 0 Å². The van der Waals surface area contributed by atoms with E-state index in [0.717, 1.165) is 29.9 Å². The fourth-order valence-corrected chi connectivity index (χ4v) is 2.92. The van der Waals surface area contributed by atoms with Crippen molar-refractivity contribution in [2.45, 2.75) is 18.9 Å². The van der Waals surface area contributed by atoms with Gasteiger partial charge >= 0.3 is 0 Å². The van der Waals surface area contributed by atoms with Crippen molar-refractivity contribution in [2.75, 3.05) is 5.32 Å². The summed E-state index contributed by atoms with van der Waals surface area (Å²) in [7, 11) is 0. The van der Waals surface area contributed by atoms with Gasteiger partial charge in [0.1, 0.15) is 11.3 Å². The molecule has 1 fully saturated rings. The smallest absolute Gasteiger partial charge is 0.275 e. The number of nitrogens with zero attached hydrogens (tertiary/aromatic N) is 6. The van der Waals surface area contributed by atoms with Gasteiger partial charge in [-0.2, -0.15) is 0 Å². The third kappa shape index (κ3) is 2.61. The summed E-state index contributed by atoms with van der Waals surface area (Å²) in [5, 5.41) is 14.9. The number of tetrazole rings is 1. The van der Waals surface area contributed by atoms with Crippen LogP contribution in [-0.4, -0.2) is 35.5 Å². The molecule has 26 heavy (non-hydrogen) atoms. The van der Waals surface area contributed by atoms with Gasteiger partial charge in [0.05, 0.1) is 6.04 Å². The van der Waals surface area contributed by atoms with Crippen LogP contribution in [0.5, 0.6) is 0 Å². The third-order valence-corrected chi connectivity index (χ3v) is 4.36. The molecule has 8 heteroatoms. The van der Waals surface area contributed by atoms with Crippen molar-refractivity contribution >= 4 is 17.2 Å². The summed E-state index contributed by atoms with van der Waals surface area (Å²) in [6.07, 6.45) is 5.77. The number of anilines is 1. The minimum Gasteiger partial charge on any atom is -0.321 e. The summed E-state index contributed by atoms with van der Waals surface area (Å²) < 4.78 is 3.66. The largest absolute Gasteiger partial charge is 0.321 e. The predicted molar refractivity (Wildman–Crippen MR) is 94.7 cm³/mol. The van der Waals surface area contributed by atoms with Gasteiger partial charge in [0, 0.05) is 23.6 Å². The lowest BCUT2D eigenvalue weighted by molar-refractivity contribution is 0.102. The van der Waals surface area contributed by atoms with Gasteiger partial charge < -0.3 is 9.72 Å². The van der Waals surface area contributed by atoms with Crippen LogP contribution < -0.4 is 5.32 Å². The zero-order valence-corrected chi connectivity index (χ0v) is 13.8. The molecule has 5 rings (SSSR count). The Morgan fingerprint density at radius 2 is 2.08 bits per heavy atom. The zero-order valence-electron chi connectivity index (χ0n) is 13.8. The molecule has 128 valence electrons. The normalized spacial score (nSPS) is 13.8. The number of aromatic nitrogens is 6. The van der Waals surface area contributed by atoms with E-state index in [9.17, 15) is 4.79 Å². The molecule has 0 saturated heterocycles. The predicted octanol–water partition coefficient (Wildman–Crippen LogP) is 2.58. The van der Waals surface area contributed by atoms with Crippen LogP contribution in [0, 0.1) is 0 Å². The van der Waals surface area contributed by atoms with E-state index in [1.807, 2.05) is 57.7 Å². The SMILES string of the molecule is O=C(Nc1cccc(-c2nnnn2C2CC2)c1)c1cn2ccccc2n1. The minimum absolute atomic E-state index is 0.257. The molecule has 0 unspecified atom stereocenters. The van der Waals surface area contributed by atoms with E-state index in [-0.39, 0.29) is 5.91 Å². The molecule has 0 aliphatic heterocycles. The number of imidazole rings is 1. The first-order chi connectivity index (χ1) is 12.8.